The monoisotopic (exact) mass is 420 g/mol. The molecular formula is C28H33FO2. The Balaban J connectivity index is 1.39. The van der Waals surface area contributed by atoms with E-state index in [1.807, 2.05) is 18.2 Å². The van der Waals surface area contributed by atoms with Gasteiger partial charge in [0.2, 0.25) is 0 Å². The highest BCUT2D eigenvalue weighted by Gasteiger charge is 2.35. The summed E-state index contributed by atoms with van der Waals surface area (Å²) in [6, 6.07) is 12.3. The van der Waals surface area contributed by atoms with Crippen LogP contribution in [0.5, 0.6) is 5.75 Å². The van der Waals surface area contributed by atoms with Gasteiger partial charge in [-0.25, -0.2) is 9.18 Å². The largest absolute Gasteiger partial charge is 0.423 e. The van der Waals surface area contributed by atoms with E-state index in [2.05, 4.69) is 13.5 Å². The van der Waals surface area contributed by atoms with Crippen molar-refractivity contribution in [1.82, 2.24) is 0 Å². The number of rotatable bonds is 6. The van der Waals surface area contributed by atoms with E-state index in [-0.39, 0.29) is 17.3 Å². The van der Waals surface area contributed by atoms with Gasteiger partial charge in [-0.3, -0.25) is 0 Å². The zero-order chi connectivity index (χ0) is 21.8. The lowest BCUT2D eigenvalue weighted by Crippen LogP contribution is -2.30. The zero-order valence-corrected chi connectivity index (χ0v) is 18.5. The van der Waals surface area contributed by atoms with Gasteiger partial charge in [-0.15, -0.1) is 6.58 Å². The van der Waals surface area contributed by atoms with Gasteiger partial charge in [-0.05, 0) is 104 Å². The molecule has 0 spiro atoms. The Morgan fingerprint density at radius 2 is 1.81 bits per heavy atom. The van der Waals surface area contributed by atoms with Crippen LogP contribution in [0.1, 0.15) is 79.3 Å². The molecule has 0 radical (unpaired) electrons. The summed E-state index contributed by atoms with van der Waals surface area (Å²) in [7, 11) is 0. The molecule has 2 nitrogen and oxygen atoms in total. The lowest BCUT2D eigenvalue weighted by molar-refractivity contribution is 0.0734. The van der Waals surface area contributed by atoms with Gasteiger partial charge in [0.05, 0.1) is 5.56 Å². The minimum absolute atomic E-state index is 0.261. The highest BCUT2D eigenvalue weighted by atomic mass is 19.1. The van der Waals surface area contributed by atoms with Gasteiger partial charge in [0.1, 0.15) is 11.6 Å². The van der Waals surface area contributed by atoms with E-state index in [1.165, 1.54) is 31.7 Å². The fourth-order valence-electron chi connectivity index (χ4n) is 5.55. The highest BCUT2D eigenvalue weighted by molar-refractivity contribution is 5.91. The third-order valence-electron chi connectivity index (χ3n) is 7.32. The molecule has 2 aliphatic rings. The summed E-state index contributed by atoms with van der Waals surface area (Å²) in [5.74, 6) is 2.33. The molecule has 2 aromatic carbocycles. The van der Waals surface area contributed by atoms with Crippen molar-refractivity contribution in [1.29, 1.82) is 0 Å². The highest BCUT2D eigenvalue weighted by Crippen LogP contribution is 2.47. The Bertz CT molecular complexity index is 917. The number of allylic oxidation sites excluding steroid dienone is 1. The maximum absolute atomic E-state index is 15.0. The molecule has 4 unspecified atom stereocenters. The second-order valence-corrected chi connectivity index (χ2v) is 9.55. The number of fused-ring (bicyclic) bond motifs is 1. The van der Waals surface area contributed by atoms with Gasteiger partial charge >= 0.3 is 5.97 Å². The molecule has 4 rings (SSSR count). The number of benzene rings is 2. The fraction of sp³-hybridized carbons (Fsp3) is 0.464. The molecule has 0 bridgehead atoms. The van der Waals surface area contributed by atoms with E-state index < -0.39 is 5.97 Å². The first-order valence-electron chi connectivity index (χ1n) is 11.7. The summed E-state index contributed by atoms with van der Waals surface area (Å²) in [5.41, 5.74) is 2.19. The second-order valence-electron chi connectivity index (χ2n) is 9.55. The van der Waals surface area contributed by atoms with E-state index in [0.717, 1.165) is 54.6 Å². The number of ether oxygens (including phenoxy) is 1. The van der Waals surface area contributed by atoms with Gasteiger partial charge in [-0.2, -0.15) is 0 Å². The first kappa shape index (κ1) is 21.8. The van der Waals surface area contributed by atoms with Crippen molar-refractivity contribution in [2.24, 2.45) is 17.8 Å². The van der Waals surface area contributed by atoms with Crippen LogP contribution in [0.25, 0.3) is 0 Å². The van der Waals surface area contributed by atoms with Crippen molar-refractivity contribution in [3.8, 4) is 5.75 Å². The summed E-state index contributed by atoms with van der Waals surface area (Å²) in [5, 5.41) is 0. The van der Waals surface area contributed by atoms with Crippen LogP contribution in [0, 0.1) is 23.6 Å². The summed E-state index contributed by atoms with van der Waals surface area (Å²) >= 11 is 0. The van der Waals surface area contributed by atoms with Crippen molar-refractivity contribution in [3.05, 3.63) is 77.6 Å². The molecule has 0 saturated heterocycles. The summed E-state index contributed by atoms with van der Waals surface area (Å²) in [4.78, 5) is 12.5. The van der Waals surface area contributed by atoms with Crippen molar-refractivity contribution in [3.63, 3.8) is 0 Å². The van der Waals surface area contributed by atoms with Crippen LogP contribution in [0.3, 0.4) is 0 Å². The molecule has 0 N–H and O–H groups in total. The van der Waals surface area contributed by atoms with Crippen molar-refractivity contribution in [2.75, 3.05) is 0 Å². The van der Waals surface area contributed by atoms with E-state index in [4.69, 9.17) is 4.74 Å². The maximum atomic E-state index is 15.0. The summed E-state index contributed by atoms with van der Waals surface area (Å²) < 4.78 is 20.4. The van der Waals surface area contributed by atoms with Gasteiger partial charge in [0.25, 0.3) is 0 Å². The van der Waals surface area contributed by atoms with Crippen LogP contribution < -0.4 is 4.74 Å². The molecular weight excluding hydrogens is 387 g/mol. The minimum atomic E-state index is -0.519. The smallest absolute Gasteiger partial charge is 0.343 e. The van der Waals surface area contributed by atoms with E-state index in [1.54, 1.807) is 24.3 Å². The maximum Gasteiger partial charge on any atom is 0.343 e. The van der Waals surface area contributed by atoms with E-state index in [0.29, 0.717) is 5.75 Å². The van der Waals surface area contributed by atoms with Gasteiger partial charge in [-0.1, -0.05) is 37.6 Å². The molecule has 164 valence electrons. The van der Waals surface area contributed by atoms with Crippen LogP contribution >= 0.6 is 0 Å². The standard InChI is InChI=1S/C28H33FO2/c1-3-4-5-20-7-13-25(14-8-20)31-28(30)24-12-15-26(27(29)18-24)23-11-10-21-16-19(2)6-9-22(21)17-23/h3,7-8,12-15,18-19,21-23H,1,4-6,9-11,16-17H2,2H3. The number of carbonyl (C=O) groups is 1. The third kappa shape index (κ3) is 5.26. The molecule has 0 heterocycles. The Morgan fingerprint density at radius 3 is 2.55 bits per heavy atom. The Morgan fingerprint density at radius 1 is 1.06 bits per heavy atom. The van der Waals surface area contributed by atoms with Crippen LogP contribution in [0.4, 0.5) is 4.39 Å². The molecule has 0 aliphatic heterocycles. The Hall–Kier alpha value is -2.42. The topological polar surface area (TPSA) is 26.3 Å². The number of carbonyl (C=O) groups excluding carboxylic acids is 1. The Kier molecular flexibility index (Phi) is 6.89. The predicted octanol–water partition coefficient (Wildman–Crippen LogP) is 7.48. The first-order valence-corrected chi connectivity index (χ1v) is 11.7. The SMILES string of the molecule is C=CCCc1ccc(OC(=O)c2ccc(C3CCC4CC(C)CCC4C3)c(F)c2)cc1. The lowest BCUT2D eigenvalue weighted by Gasteiger charge is -2.41. The average Bonchev–Trinajstić information content (AvgIpc) is 2.78. The molecule has 2 aromatic rings. The molecule has 2 saturated carbocycles. The normalized spacial score (nSPS) is 25.5. The molecule has 3 heteroatoms. The Labute approximate surface area is 185 Å². The average molecular weight is 421 g/mol. The van der Waals surface area contributed by atoms with E-state index >= 15 is 0 Å². The number of halogens is 1. The minimum Gasteiger partial charge on any atom is -0.423 e. The van der Waals surface area contributed by atoms with Crippen molar-refractivity contribution in [2.45, 2.75) is 64.2 Å². The summed E-state index contributed by atoms with van der Waals surface area (Å²) in [6.07, 6.45) is 10.9. The summed E-state index contributed by atoms with van der Waals surface area (Å²) in [6.45, 7) is 6.09. The zero-order valence-electron chi connectivity index (χ0n) is 18.5. The molecule has 31 heavy (non-hydrogen) atoms. The molecule has 4 atom stereocenters. The molecule has 0 amide bonds. The first-order chi connectivity index (χ1) is 15.0. The van der Waals surface area contributed by atoms with Gasteiger partial charge in [0.15, 0.2) is 0 Å². The van der Waals surface area contributed by atoms with Gasteiger partial charge in [0, 0.05) is 0 Å². The van der Waals surface area contributed by atoms with Crippen molar-refractivity contribution >= 4 is 5.97 Å². The van der Waals surface area contributed by atoms with Crippen LogP contribution in [-0.2, 0) is 6.42 Å². The van der Waals surface area contributed by atoms with Crippen molar-refractivity contribution < 1.29 is 13.9 Å². The van der Waals surface area contributed by atoms with Crippen LogP contribution in [-0.4, -0.2) is 5.97 Å². The lowest BCUT2D eigenvalue weighted by atomic mass is 9.64. The third-order valence-corrected chi connectivity index (χ3v) is 7.32. The number of aryl methyl sites for hydroxylation is 1. The quantitative estimate of drug-likeness (QED) is 0.275. The number of hydrogen-bond donors (Lipinski definition) is 0. The molecule has 2 fully saturated rings. The van der Waals surface area contributed by atoms with Crippen LogP contribution in [0.15, 0.2) is 55.1 Å². The number of hydrogen-bond acceptors (Lipinski definition) is 2. The van der Waals surface area contributed by atoms with E-state index in [9.17, 15) is 9.18 Å². The molecule has 0 aromatic heterocycles. The second kappa shape index (κ2) is 9.80. The van der Waals surface area contributed by atoms with Crippen LogP contribution in [0.2, 0.25) is 0 Å². The molecule has 2 aliphatic carbocycles. The number of esters is 1. The van der Waals surface area contributed by atoms with Gasteiger partial charge < -0.3 is 4.74 Å². The fourth-order valence-corrected chi connectivity index (χ4v) is 5.55. The predicted molar refractivity (Wildman–Crippen MR) is 123 cm³/mol.